The van der Waals surface area contributed by atoms with E-state index in [2.05, 4.69) is 12.1 Å². The van der Waals surface area contributed by atoms with Gasteiger partial charge in [-0.15, -0.1) is 0 Å². The molecule has 0 spiro atoms. The van der Waals surface area contributed by atoms with E-state index in [4.69, 9.17) is 0 Å². The Morgan fingerprint density at radius 3 is 2.50 bits per heavy atom. The first kappa shape index (κ1) is 17.6. The van der Waals surface area contributed by atoms with Gasteiger partial charge in [0.2, 0.25) is 11.8 Å². The molecule has 26 heavy (non-hydrogen) atoms. The molecule has 0 radical (unpaired) electrons. The van der Waals surface area contributed by atoms with Crippen LogP contribution in [0.4, 0.5) is 0 Å². The van der Waals surface area contributed by atoms with Gasteiger partial charge in [-0.25, -0.2) is 0 Å². The molecule has 3 aliphatic heterocycles. The van der Waals surface area contributed by atoms with Gasteiger partial charge < -0.3 is 9.80 Å². The SMILES string of the molecule is O=C(CC1CCCCC1)N1C[C@@H]2CC[C@H](C1)N(Cc1ccccc1)C2=O. The smallest absolute Gasteiger partial charge is 0.228 e. The van der Waals surface area contributed by atoms with E-state index >= 15 is 0 Å². The molecule has 1 aromatic carbocycles. The summed E-state index contributed by atoms with van der Waals surface area (Å²) in [5.41, 5.74) is 1.17. The Morgan fingerprint density at radius 2 is 1.73 bits per heavy atom. The molecule has 1 saturated carbocycles. The second kappa shape index (κ2) is 7.81. The highest BCUT2D eigenvalue weighted by molar-refractivity contribution is 5.83. The molecule has 2 atom stereocenters. The lowest BCUT2D eigenvalue weighted by Gasteiger charge is -2.36. The number of amides is 2. The highest BCUT2D eigenvalue weighted by Crippen LogP contribution is 2.32. The van der Waals surface area contributed by atoms with Gasteiger partial charge in [0.05, 0.1) is 5.92 Å². The van der Waals surface area contributed by atoms with E-state index in [0.717, 1.165) is 19.4 Å². The van der Waals surface area contributed by atoms with Gasteiger partial charge in [-0.1, -0.05) is 49.6 Å². The Balaban J connectivity index is 1.43. The molecule has 140 valence electrons. The molecular formula is C22H30N2O2. The summed E-state index contributed by atoms with van der Waals surface area (Å²) in [5.74, 6) is 1.09. The van der Waals surface area contributed by atoms with Crippen LogP contribution in [0.3, 0.4) is 0 Å². The van der Waals surface area contributed by atoms with Crippen LogP contribution in [-0.2, 0) is 16.1 Å². The summed E-state index contributed by atoms with van der Waals surface area (Å²) in [5, 5.41) is 0. The zero-order valence-corrected chi connectivity index (χ0v) is 15.6. The second-order valence-corrected chi connectivity index (χ2v) is 8.39. The molecule has 4 aliphatic rings. The van der Waals surface area contributed by atoms with Crippen LogP contribution >= 0.6 is 0 Å². The summed E-state index contributed by atoms with van der Waals surface area (Å²) in [6, 6.07) is 10.4. The van der Waals surface area contributed by atoms with Crippen molar-refractivity contribution in [3.05, 3.63) is 35.9 Å². The molecule has 2 bridgehead atoms. The predicted molar refractivity (Wildman–Crippen MR) is 101 cm³/mol. The number of carbonyl (C=O) groups excluding carboxylic acids is 2. The number of nitrogens with zero attached hydrogens (tertiary/aromatic N) is 2. The van der Waals surface area contributed by atoms with Gasteiger partial charge in [-0.05, 0) is 37.2 Å². The minimum atomic E-state index is -0.00670. The Bertz CT molecular complexity index is 639. The van der Waals surface area contributed by atoms with Crippen molar-refractivity contribution in [3.8, 4) is 0 Å². The maximum absolute atomic E-state index is 13.0. The van der Waals surface area contributed by atoms with Gasteiger partial charge >= 0.3 is 0 Å². The highest BCUT2D eigenvalue weighted by atomic mass is 16.2. The lowest BCUT2D eigenvalue weighted by Crippen LogP contribution is -2.47. The molecule has 0 N–H and O–H groups in total. The average Bonchev–Trinajstić information content (AvgIpc) is 2.96. The van der Waals surface area contributed by atoms with Crippen LogP contribution in [0.1, 0.15) is 56.9 Å². The summed E-state index contributed by atoms with van der Waals surface area (Å²) in [7, 11) is 0. The van der Waals surface area contributed by atoms with Gasteiger partial charge in [0.1, 0.15) is 0 Å². The molecule has 3 saturated heterocycles. The van der Waals surface area contributed by atoms with Crippen LogP contribution in [0.25, 0.3) is 0 Å². The van der Waals surface area contributed by atoms with E-state index < -0.39 is 0 Å². The summed E-state index contributed by atoms with van der Waals surface area (Å²) in [6.07, 6.45) is 8.91. The molecule has 4 heteroatoms. The topological polar surface area (TPSA) is 40.6 Å². The average molecular weight is 354 g/mol. The van der Waals surface area contributed by atoms with Gasteiger partial charge in [0, 0.05) is 32.1 Å². The molecule has 5 rings (SSSR count). The lowest BCUT2D eigenvalue weighted by molar-refractivity contribution is -0.140. The Kier molecular flexibility index (Phi) is 5.28. The Hall–Kier alpha value is -1.84. The van der Waals surface area contributed by atoms with E-state index in [1.54, 1.807) is 0 Å². The van der Waals surface area contributed by atoms with Gasteiger partial charge in [-0.3, -0.25) is 9.59 Å². The van der Waals surface area contributed by atoms with Crippen molar-refractivity contribution in [3.63, 3.8) is 0 Å². The molecule has 1 aromatic rings. The van der Waals surface area contributed by atoms with Crippen molar-refractivity contribution in [2.75, 3.05) is 13.1 Å². The third-order valence-electron chi connectivity index (χ3n) is 6.53. The number of benzene rings is 1. The molecule has 0 aromatic heterocycles. The number of rotatable bonds is 4. The van der Waals surface area contributed by atoms with E-state index in [-0.39, 0.29) is 23.8 Å². The number of fused-ring (bicyclic) bond motifs is 4. The van der Waals surface area contributed by atoms with Crippen molar-refractivity contribution in [1.29, 1.82) is 0 Å². The fraction of sp³-hybridized carbons (Fsp3) is 0.636. The zero-order valence-electron chi connectivity index (χ0n) is 15.6. The minimum Gasteiger partial charge on any atom is -0.340 e. The van der Waals surface area contributed by atoms with Crippen LogP contribution in [0.15, 0.2) is 30.3 Å². The molecule has 3 heterocycles. The molecule has 1 aliphatic carbocycles. The number of carbonyl (C=O) groups is 2. The molecular weight excluding hydrogens is 324 g/mol. The van der Waals surface area contributed by atoms with Crippen molar-refractivity contribution in [1.82, 2.24) is 9.80 Å². The van der Waals surface area contributed by atoms with Crippen molar-refractivity contribution < 1.29 is 9.59 Å². The molecule has 2 amide bonds. The first-order valence-corrected chi connectivity index (χ1v) is 10.3. The molecule has 0 unspecified atom stereocenters. The minimum absolute atomic E-state index is 0.00670. The third kappa shape index (κ3) is 3.79. The highest BCUT2D eigenvalue weighted by Gasteiger charge is 2.41. The van der Waals surface area contributed by atoms with E-state index in [1.165, 1.54) is 37.7 Å². The Morgan fingerprint density at radius 1 is 0.962 bits per heavy atom. The molecule has 4 nitrogen and oxygen atoms in total. The quantitative estimate of drug-likeness (QED) is 0.829. The summed E-state index contributed by atoms with van der Waals surface area (Å²) >= 11 is 0. The summed E-state index contributed by atoms with van der Waals surface area (Å²) in [4.78, 5) is 29.9. The van der Waals surface area contributed by atoms with E-state index in [0.29, 0.717) is 25.4 Å². The number of piperidine rings is 1. The van der Waals surface area contributed by atoms with E-state index in [9.17, 15) is 9.59 Å². The number of hydrogen-bond acceptors (Lipinski definition) is 2. The fourth-order valence-electron chi connectivity index (χ4n) is 5.00. The van der Waals surface area contributed by atoms with Crippen LogP contribution < -0.4 is 0 Å². The van der Waals surface area contributed by atoms with Crippen LogP contribution in [0, 0.1) is 11.8 Å². The monoisotopic (exact) mass is 354 g/mol. The van der Waals surface area contributed by atoms with Gasteiger partial charge in [-0.2, -0.15) is 0 Å². The van der Waals surface area contributed by atoms with Crippen LogP contribution in [0.2, 0.25) is 0 Å². The maximum Gasteiger partial charge on any atom is 0.228 e. The zero-order chi connectivity index (χ0) is 17.9. The van der Waals surface area contributed by atoms with Crippen molar-refractivity contribution in [2.45, 2.75) is 64.0 Å². The van der Waals surface area contributed by atoms with Crippen LogP contribution in [-0.4, -0.2) is 40.7 Å². The van der Waals surface area contributed by atoms with Crippen LogP contribution in [0.5, 0.6) is 0 Å². The molecule has 4 fully saturated rings. The normalized spacial score (nSPS) is 26.8. The maximum atomic E-state index is 13.0. The van der Waals surface area contributed by atoms with Crippen molar-refractivity contribution in [2.24, 2.45) is 11.8 Å². The standard InChI is InChI=1S/C22H30N2O2/c25-21(13-17-7-3-1-4-8-17)23-15-19-11-12-20(16-23)24(22(19)26)14-18-9-5-2-6-10-18/h2,5-6,9-10,17,19-20H,1,3-4,7-8,11-16H2/t19-,20+/m0/s1. The summed E-state index contributed by atoms with van der Waals surface area (Å²) < 4.78 is 0. The predicted octanol–water partition coefficient (Wildman–Crippen LogP) is 3.61. The largest absolute Gasteiger partial charge is 0.340 e. The van der Waals surface area contributed by atoms with Gasteiger partial charge in [0.25, 0.3) is 0 Å². The van der Waals surface area contributed by atoms with Gasteiger partial charge in [0.15, 0.2) is 0 Å². The Labute approximate surface area is 156 Å². The van der Waals surface area contributed by atoms with E-state index in [1.807, 2.05) is 28.0 Å². The number of hydrogen-bond donors (Lipinski definition) is 0. The summed E-state index contributed by atoms with van der Waals surface area (Å²) in [6.45, 7) is 2.03. The third-order valence-corrected chi connectivity index (χ3v) is 6.53. The first-order valence-electron chi connectivity index (χ1n) is 10.3. The second-order valence-electron chi connectivity index (χ2n) is 8.39. The fourth-order valence-corrected chi connectivity index (χ4v) is 5.00. The first-order chi connectivity index (χ1) is 12.7. The van der Waals surface area contributed by atoms with Crippen molar-refractivity contribution >= 4 is 11.8 Å². The lowest BCUT2D eigenvalue weighted by atomic mass is 9.86.